The molecule has 1 saturated carbocycles. The Morgan fingerprint density at radius 3 is 2.71 bits per heavy atom. The number of carbonyl (C=O) groups excluding carboxylic acids is 1. The van der Waals surface area contributed by atoms with Gasteiger partial charge in [-0.15, -0.1) is 0 Å². The Balaban J connectivity index is 1.75. The molecular formula is C14H21ClN4O2. The van der Waals surface area contributed by atoms with Crippen molar-refractivity contribution in [3.05, 3.63) is 17.0 Å². The van der Waals surface area contributed by atoms with Gasteiger partial charge in [-0.1, -0.05) is 11.6 Å². The van der Waals surface area contributed by atoms with Gasteiger partial charge in [-0.2, -0.15) is 0 Å². The third-order valence-corrected chi connectivity index (χ3v) is 2.95. The summed E-state index contributed by atoms with van der Waals surface area (Å²) in [7, 11) is 0. The Morgan fingerprint density at radius 2 is 2.10 bits per heavy atom. The molecule has 0 bridgehead atoms. The van der Waals surface area contributed by atoms with Crippen LogP contribution in [0.4, 0.5) is 10.6 Å². The predicted molar refractivity (Wildman–Crippen MR) is 81.7 cm³/mol. The van der Waals surface area contributed by atoms with Crippen LogP contribution in [0.1, 0.15) is 45.4 Å². The van der Waals surface area contributed by atoms with Gasteiger partial charge in [0, 0.05) is 25.1 Å². The maximum atomic E-state index is 11.5. The molecule has 2 rings (SSSR count). The van der Waals surface area contributed by atoms with E-state index in [0.717, 1.165) is 18.7 Å². The molecule has 116 valence electrons. The molecule has 1 fully saturated rings. The Bertz CT molecular complexity index is 512. The molecule has 1 aromatic heterocycles. The summed E-state index contributed by atoms with van der Waals surface area (Å²) in [5, 5.41) is 6.23. The van der Waals surface area contributed by atoms with Gasteiger partial charge in [0.15, 0.2) is 0 Å². The maximum Gasteiger partial charge on any atom is 0.407 e. The SMILES string of the molecule is CC(C)(C)OC(=O)NCCNc1cc(Cl)nc(C2CC2)n1. The monoisotopic (exact) mass is 312 g/mol. The molecule has 6 nitrogen and oxygen atoms in total. The molecule has 0 spiro atoms. The number of halogens is 1. The number of ether oxygens (including phenoxy) is 1. The van der Waals surface area contributed by atoms with Crippen LogP contribution in [0.5, 0.6) is 0 Å². The first kappa shape index (κ1) is 15.8. The topological polar surface area (TPSA) is 76.1 Å². The van der Waals surface area contributed by atoms with Crippen LogP contribution in [0.25, 0.3) is 0 Å². The molecule has 1 aromatic rings. The van der Waals surface area contributed by atoms with Crippen molar-refractivity contribution in [2.24, 2.45) is 0 Å². The van der Waals surface area contributed by atoms with Gasteiger partial charge in [-0.25, -0.2) is 14.8 Å². The molecule has 0 aromatic carbocycles. The quantitative estimate of drug-likeness (QED) is 0.646. The standard InChI is InChI=1S/C14H21ClN4O2/c1-14(2,3)21-13(20)17-7-6-16-11-8-10(15)18-12(19-11)9-4-5-9/h8-9H,4-7H2,1-3H3,(H,17,20)(H,16,18,19). The smallest absolute Gasteiger partial charge is 0.407 e. The number of alkyl carbamates (subject to hydrolysis) is 1. The zero-order chi connectivity index (χ0) is 15.5. The van der Waals surface area contributed by atoms with Gasteiger partial charge in [0.2, 0.25) is 0 Å². The summed E-state index contributed by atoms with van der Waals surface area (Å²) in [6.07, 6.45) is 1.82. The van der Waals surface area contributed by atoms with Crippen LogP contribution in [0.15, 0.2) is 6.07 Å². The van der Waals surface area contributed by atoms with E-state index in [2.05, 4.69) is 20.6 Å². The van der Waals surface area contributed by atoms with E-state index in [1.807, 2.05) is 20.8 Å². The highest BCUT2D eigenvalue weighted by atomic mass is 35.5. The van der Waals surface area contributed by atoms with Crippen molar-refractivity contribution >= 4 is 23.5 Å². The van der Waals surface area contributed by atoms with E-state index in [9.17, 15) is 4.79 Å². The second-order valence-electron chi connectivity index (χ2n) is 6.06. The van der Waals surface area contributed by atoms with Gasteiger partial charge >= 0.3 is 6.09 Å². The number of hydrogen-bond acceptors (Lipinski definition) is 5. The number of amides is 1. The van der Waals surface area contributed by atoms with E-state index in [-0.39, 0.29) is 0 Å². The molecule has 0 radical (unpaired) electrons. The largest absolute Gasteiger partial charge is 0.444 e. The first-order valence-corrected chi connectivity index (χ1v) is 7.46. The van der Waals surface area contributed by atoms with Crippen molar-refractivity contribution in [3.63, 3.8) is 0 Å². The van der Waals surface area contributed by atoms with Crippen LogP contribution in [0.3, 0.4) is 0 Å². The lowest BCUT2D eigenvalue weighted by atomic mass is 10.2. The first-order chi connectivity index (χ1) is 9.83. The van der Waals surface area contributed by atoms with E-state index < -0.39 is 11.7 Å². The zero-order valence-corrected chi connectivity index (χ0v) is 13.3. The number of rotatable bonds is 5. The van der Waals surface area contributed by atoms with Crippen LogP contribution in [-0.4, -0.2) is 34.8 Å². The molecule has 7 heteroatoms. The molecule has 1 amide bonds. The molecule has 1 aliphatic rings. The molecule has 0 aliphatic heterocycles. The molecule has 1 heterocycles. The highest BCUT2D eigenvalue weighted by molar-refractivity contribution is 6.29. The number of anilines is 1. The van der Waals surface area contributed by atoms with Crippen LogP contribution < -0.4 is 10.6 Å². The summed E-state index contributed by atoms with van der Waals surface area (Å²) in [6, 6.07) is 1.68. The highest BCUT2D eigenvalue weighted by Gasteiger charge is 2.27. The van der Waals surface area contributed by atoms with E-state index >= 15 is 0 Å². The van der Waals surface area contributed by atoms with Crippen molar-refractivity contribution < 1.29 is 9.53 Å². The number of hydrogen-bond donors (Lipinski definition) is 2. The number of carbonyl (C=O) groups is 1. The van der Waals surface area contributed by atoms with Gasteiger partial charge < -0.3 is 15.4 Å². The summed E-state index contributed by atoms with van der Waals surface area (Å²) < 4.78 is 5.14. The lowest BCUT2D eigenvalue weighted by Crippen LogP contribution is -2.35. The molecule has 21 heavy (non-hydrogen) atoms. The molecule has 2 N–H and O–H groups in total. The second-order valence-corrected chi connectivity index (χ2v) is 6.45. The Morgan fingerprint density at radius 1 is 1.38 bits per heavy atom. The van der Waals surface area contributed by atoms with Crippen LogP contribution in [0.2, 0.25) is 5.15 Å². The lowest BCUT2D eigenvalue weighted by molar-refractivity contribution is 0.0530. The van der Waals surface area contributed by atoms with Crippen molar-refractivity contribution in [1.29, 1.82) is 0 Å². The van der Waals surface area contributed by atoms with Gasteiger partial charge in [-0.3, -0.25) is 0 Å². The fraction of sp³-hybridized carbons (Fsp3) is 0.643. The van der Waals surface area contributed by atoms with Crippen LogP contribution in [0, 0.1) is 0 Å². The molecule has 0 unspecified atom stereocenters. The minimum atomic E-state index is -0.489. The minimum Gasteiger partial charge on any atom is -0.444 e. The van der Waals surface area contributed by atoms with Crippen LogP contribution >= 0.6 is 11.6 Å². The number of nitrogens with zero attached hydrogens (tertiary/aromatic N) is 2. The molecule has 1 aliphatic carbocycles. The summed E-state index contributed by atoms with van der Waals surface area (Å²) >= 11 is 5.98. The van der Waals surface area contributed by atoms with Crippen molar-refractivity contribution in [2.75, 3.05) is 18.4 Å². The van der Waals surface area contributed by atoms with Gasteiger partial charge in [0.25, 0.3) is 0 Å². The average molecular weight is 313 g/mol. The minimum absolute atomic E-state index is 0.427. The zero-order valence-electron chi connectivity index (χ0n) is 12.6. The van der Waals surface area contributed by atoms with Gasteiger partial charge in [-0.05, 0) is 33.6 Å². The van der Waals surface area contributed by atoms with E-state index in [4.69, 9.17) is 16.3 Å². The normalized spacial score (nSPS) is 14.7. The van der Waals surface area contributed by atoms with E-state index in [1.165, 1.54) is 0 Å². The number of aromatic nitrogens is 2. The third-order valence-electron chi connectivity index (χ3n) is 2.75. The Kier molecular flexibility index (Phi) is 4.88. The van der Waals surface area contributed by atoms with Gasteiger partial charge in [0.1, 0.15) is 22.4 Å². The lowest BCUT2D eigenvalue weighted by Gasteiger charge is -2.19. The summed E-state index contributed by atoms with van der Waals surface area (Å²) in [5.74, 6) is 1.93. The number of nitrogens with one attached hydrogen (secondary N) is 2. The Hall–Kier alpha value is -1.56. The van der Waals surface area contributed by atoms with Crippen LogP contribution in [-0.2, 0) is 4.74 Å². The maximum absolute atomic E-state index is 11.5. The first-order valence-electron chi connectivity index (χ1n) is 7.09. The predicted octanol–water partition coefficient (Wildman–Crippen LogP) is 2.94. The van der Waals surface area contributed by atoms with E-state index in [1.54, 1.807) is 6.07 Å². The fourth-order valence-corrected chi connectivity index (χ4v) is 1.91. The fourth-order valence-electron chi connectivity index (χ4n) is 1.72. The van der Waals surface area contributed by atoms with E-state index in [0.29, 0.717) is 30.0 Å². The average Bonchev–Trinajstić information content (AvgIpc) is 3.16. The summed E-state index contributed by atoms with van der Waals surface area (Å²) in [5.41, 5.74) is -0.489. The van der Waals surface area contributed by atoms with Crippen molar-refractivity contribution in [1.82, 2.24) is 15.3 Å². The molecule has 0 saturated heterocycles. The third kappa shape index (κ3) is 5.75. The summed E-state index contributed by atoms with van der Waals surface area (Å²) in [6.45, 7) is 6.46. The summed E-state index contributed by atoms with van der Waals surface area (Å²) in [4.78, 5) is 20.1. The molecule has 0 atom stereocenters. The van der Waals surface area contributed by atoms with Crippen molar-refractivity contribution in [3.8, 4) is 0 Å². The van der Waals surface area contributed by atoms with Crippen molar-refractivity contribution in [2.45, 2.75) is 45.1 Å². The van der Waals surface area contributed by atoms with Gasteiger partial charge in [0.05, 0.1) is 0 Å². The molecular weight excluding hydrogens is 292 g/mol. The highest BCUT2D eigenvalue weighted by Crippen LogP contribution is 2.38. The Labute approximate surface area is 129 Å². The second kappa shape index (κ2) is 6.47.